The minimum absolute atomic E-state index is 0.0851. The van der Waals surface area contributed by atoms with Gasteiger partial charge in [0.1, 0.15) is 12.4 Å². The van der Waals surface area contributed by atoms with Crippen LogP contribution in [0.25, 0.3) is 5.76 Å². The van der Waals surface area contributed by atoms with Crippen LogP contribution < -0.4 is 4.57 Å². The molecular formula is C27H49NO5P+. The van der Waals surface area contributed by atoms with Crippen molar-refractivity contribution in [2.45, 2.75) is 110 Å². The second kappa shape index (κ2) is 20.0. The number of phosphoric acid groups is 1. The van der Waals surface area contributed by atoms with E-state index in [4.69, 9.17) is 13.8 Å². The summed E-state index contributed by atoms with van der Waals surface area (Å²) in [5.41, 5.74) is 0.866. The van der Waals surface area contributed by atoms with Crippen molar-refractivity contribution in [3.63, 3.8) is 0 Å². The molecule has 1 aromatic heterocycles. The number of hydrogen-bond acceptors (Lipinski definition) is 4. The van der Waals surface area contributed by atoms with Gasteiger partial charge in [0.05, 0.1) is 18.8 Å². The maximum Gasteiger partial charge on any atom is 0.472 e. The molecule has 0 aliphatic rings. The maximum absolute atomic E-state index is 12.1. The van der Waals surface area contributed by atoms with Crippen LogP contribution in [0, 0.1) is 0 Å². The molecule has 34 heavy (non-hydrogen) atoms. The Hall–Kier alpha value is -1.20. The quantitative estimate of drug-likeness (QED) is 0.0728. The molecule has 0 amide bonds. The van der Waals surface area contributed by atoms with Gasteiger partial charge in [-0.05, 0) is 19.4 Å². The molecule has 1 N–H and O–H groups in total. The van der Waals surface area contributed by atoms with Gasteiger partial charge in [-0.1, -0.05) is 97.0 Å². The van der Waals surface area contributed by atoms with E-state index in [0.29, 0.717) is 18.9 Å². The summed E-state index contributed by atoms with van der Waals surface area (Å²) in [6, 6.07) is 3.79. The Morgan fingerprint density at radius 1 is 0.882 bits per heavy atom. The van der Waals surface area contributed by atoms with Gasteiger partial charge in [0.15, 0.2) is 18.9 Å². The number of rotatable bonds is 23. The lowest BCUT2D eigenvalue weighted by Gasteiger charge is -2.11. The van der Waals surface area contributed by atoms with Gasteiger partial charge in [-0.15, -0.1) is 0 Å². The van der Waals surface area contributed by atoms with E-state index < -0.39 is 7.82 Å². The molecule has 0 spiro atoms. The highest BCUT2D eigenvalue weighted by Gasteiger charge is 2.21. The van der Waals surface area contributed by atoms with Crippen LogP contribution in [0.5, 0.6) is 0 Å². The van der Waals surface area contributed by atoms with Crippen molar-refractivity contribution >= 4 is 13.6 Å². The zero-order valence-electron chi connectivity index (χ0n) is 21.7. The first kappa shape index (κ1) is 30.8. The molecule has 0 saturated carbocycles. The zero-order valence-corrected chi connectivity index (χ0v) is 22.6. The van der Waals surface area contributed by atoms with Crippen LogP contribution in [0.4, 0.5) is 0 Å². The molecule has 196 valence electrons. The van der Waals surface area contributed by atoms with Crippen molar-refractivity contribution in [2.24, 2.45) is 0 Å². The molecule has 1 aromatic rings. The largest absolute Gasteiger partial charge is 0.494 e. The van der Waals surface area contributed by atoms with E-state index in [1.165, 1.54) is 70.6 Å². The molecule has 0 aliphatic carbocycles. The topological polar surface area (TPSA) is 68.9 Å². The number of nitrogens with zero attached hydrogens (tertiary/aromatic N) is 1. The van der Waals surface area contributed by atoms with Gasteiger partial charge in [-0.2, -0.15) is 0 Å². The van der Waals surface area contributed by atoms with E-state index in [1.807, 2.05) is 36.0 Å². The fourth-order valence-corrected chi connectivity index (χ4v) is 4.61. The average Bonchev–Trinajstić information content (AvgIpc) is 2.82. The fraction of sp³-hybridized carbons (Fsp3) is 0.741. The van der Waals surface area contributed by atoms with Gasteiger partial charge < -0.3 is 9.63 Å². The summed E-state index contributed by atoms with van der Waals surface area (Å²) in [6.45, 7) is 9.39. The number of phosphoric ester groups is 1. The van der Waals surface area contributed by atoms with E-state index in [9.17, 15) is 9.46 Å². The average molecular weight is 499 g/mol. The molecule has 0 aromatic carbocycles. The summed E-state index contributed by atoms with van der Waals surface area (Å²) in [4.78, 5) is 9.88. The van der Waals surface area contributed by atoms with Crippen LogP contribution in [0.15, 0.2) is 31.1 Å². The lowest BCUT2D eigenvalue weighted by atomic mass is 10.0. The normalized spacial score (nSPS) is 13.0. The molecule has 0 aliphatic heterocycles. The zero-order chi connectivity index (χ0) is 24.9. The SMILES string of the molecule is C=C(OCC)c1ccc[n+](CCOP(=O)(O)OCCCCCCCCCCCCCCCC)c1. The van der Waals surface area contributed by atoms with Crippen molar-refractivity contribution in [2.75, 3.05) is 19.8 Å². The number of ether oxygens (including phenoxy) is 1. The third kappa shape index (κ3) is 16.4. The Bertz CT molecular complexity index is 697. The Kier molecular flexibility index (Phi) is 18.2. The van der Waals surface area contributed by atoms with E-state index in [0.717, 1.165) is 24.8 Å². The van der Waals surface area contributed by atoms with Crippen LogP contribution in [0.1, 0.15) is 109 Å². The molecule has 1 unspecified atom stereocenters. The number of aromatic nitrogens is 1. The molecule has 0 radical (unpaired) electrons. The second-order valence-corrected chi connectivity index (χ2v) is 10.4. The minimum Gasteiger partial charge on any atom is -0.494 e. The van der Waals surface area contributed by atoms with Crippen LogP contribution in [0.2, 0.25) is 0 Å². The number of unbranched alkanes of at least 4 members (excludes halogenated alkanes) is 13. The van der Waals surface area contributed by atoms with E-state index in [2.05, 4.69) is 13.5 Å². The van der Waals surface area contributed by atoms with Crippen LogP contribution in [0.3, 0.4) is 0 Å². The fourth-order valence-electron chi connectivity index (χ4n) is 3.86. The number of hydrogen-bond donors (Lipinski definition) is 1. The lowest BCUT2D eigenvalue weighted by molar-refractivity contribution is -0.697. The lowest BCUT2D eigenvalue weighted by Crippen LogP contribution is -2.35. The van der Waals surface area contributed by atoms with Crippen molar-refractivity contribution in [3.05, 3.63) is 36.7 Å². The first-order valence-corrected chi connectivity index (χ1v) is 14.9. The monoisotopic (exact) mass is 498 g/mol. The maximum atomic E-state index is 12.1. The van der Waals surface area contributed by atoms with E-state index in [1.54, 1.807) is 0 Å². The van der Waals surface area contributed by atoms with Gasteiger partial charge in [0, 0.05) is 6.07 Å². The first-order chi connectivity index (χ1) is 16.5. The Balaban J connectivity index is 2.00. The van der Waals surface area contributed by atoms with Crippen LogP contribution >= 0.6 is 7.82 Å². The standard InChI is InChI=1S/C27H48NO5P/c1-4-6-7-8-9-10-11-12-13-14-15-16-17-18-23-32-34(29,30)33-24-22-28-21-19-20-27(25-28)26(3)31-5-2/h19-21,25H,3-18,22-24H2,1-2H3/p+1. The summed E-state index contributed by atoms with van der Waals surface area (Å²) in [6.07, 6.45) is 21.6. The second-order valence-electron chi connectivity index (χ2n) is 8.92. The summed E-state index contributed by atoms with van der Waals surface area (Å²) >= 11 is 0. The summed E-state index contributed by atoms with van der Waals surface area (Å²) in [5.74, 6) is 0.599. The smallest absolute Gasteiger partial charge is 0.472 e. The molecule has 1 rings (SSSR count). The summed E-state index contributed by atoms with van der Waals surface area (Å²) in [7, 11) is -4.01. The highest BCUT2D eigenvalue weighted by molar-refractivity contribution is 7.47. The van der Waals surface area contributed by atoms with Crippen LogP contribution in [-0.4, -0.2) is 24.7 Å². The van der Waals surface area contributed by atoms with Gasteiger partial charge in [0.25, 0.3) is 0 Å². The molecule has 0 fully saturated rings. The predicted molar refractivity (Wildman–Crippen MR) is 139 cm³/mol. The highest BCUT2D eigenvalue weighted by Crippen LogP contribution is 2.43. The van der Waals surface area contributed by atoms with E-state index >= 15 is 0 Å². The molecule has 6 nitrogen and oxygen atoms in total. The molecule has 0 bridgehead atoms. The van der Waals surface area contributed by atoms with Gasteiger partial charge in [-0.25, -0.2) is 9.13 Å². The van der Waals surface area contributed by atoms with Crippen LogP contribution in [-0.2, 0) is 24.9 Å². The van der Waals surface area contributed by atoms with Gasteiger partial charge in [-0.3, -0.25) is 9.05 Å². The van der Waals surface area contributed by atoms with Crippen molar-refractivity contribution in [1.29, 1.82) is 0 Å². The summed E-state index contributed by atoms with van der Waals surface area (Å²) in [5, 5.41) is 0. The van der Waals surface area contributed by atoms with Crippen molar-refractivity contribution < 1.29 is 27.8 Å². The third-order valence-electron chi connectivity index (χ3n) is 5.86. The Labute approximate surface area is 208 Å². The molecular weight excluding hydrogens is 449 g/mol. The predicted octanol–water partition coefficient (Wildman–Crippen LogP) is 7.60. The van der Waals surface area contributed by atoms with Gasteiger partial charge >= 0.3 is 7.82 Å². The molecule has 1 atom stereocenters. The third-order valence-corrected chi connectivity index (χ3v) is 6.87. The summed E-state index contributed by atoms with van der Waals surface area (Å²) < 4.78 is 29.6. The molecule has 0 saturated heterocycles. The minimum atomic E-state index is -4.01. The number of pyridine rings is 1. The van der Waals surface area contributed by atoms with E-state index in [-0.39, 0.29) is 13.2 Å². The van der Waals surface area contributed by atoms with Crippen molar-refractivity contribution in [3.8, 4) is 0 Å². The van der Waals surface area contributed by atoms with Gasteiger partial charge in [0.2, 0.25) is 0 Å². The Morgan fingerprint density at radius 3 is 1.97 bits per heavy atom. The first-order valence-electron chi connectivity index (χ1n) is 13.4. The van der Waals surface area contributed by atoms with Crippen molar-refractivity contribution in [1.82, 2.24) is 0 Å². The highest BCUT2D eigenvalue weighted by atomic mass is 31.2. The molecule has 7 heteroatoms. The molecule has 1 heterocycles. The Morgan fingerprint density at radius 2 is 1.41 bits per heavy atom.